The molecule has 0 spiro atoms. The minimum Gasteiger partial charge on any atom is -0.348 e. The van der Waals surface area contributed by atoms with Gasteiger partial charge in [0.15, 0.2) is 17.9 Å². The highest BCUT2D eigenvalue weighted by molar-refractivity contribution is 4.99. The highest BCUT2D eigenvalue weighted by atomic mass is 16.8. The second-order valence-electron chi connectivity index (χ2n) is 6.01. The Bertz CT molecular complexity index is 345. The molecule has 3 saturated heterocycles. The van der Waals surface area contributed by atoms with E-state index in [0.717, 1.165) is 0 Å². The summed E-state index contributed by atoms with van der Waals surface area (Å²) in [6, 6.07) is -0.265. The molecule has 6 nitrogen and oxygen atoms in total. The van der Waals surface area contributed by atoms with Crippen LogP contribution in [0.3, 0.4) is 0 Å². The smallest absolute Gasteiger partial charge is 0.189 e. The zero-order valence-electron chi connectivity index (χ0n) is 11.2. The zero-order valence-corrected chi connectivity index (χ0v) is 11.2. The molecule has 104 valence electrons. The van der Waals surface area contributed by atoms with E-state index in [-0.39, 0.29) is 24.4 Å². The van der Waals surface area contributed by atoms with Crippen molar-refractivity contribution in [3.63, 3.8) is 0 Å². The van der Waals surface area contributed by atoms with Crippen LogP contribution in [0.4, 0.5) is 0 Å². The molecule has 3 heterocycles. The molecule has 0 saturated carbocycles. The molecule has 0 bridgehead atoms. The molecule has 0 unspecified atom stereocenters. The standard InChI is InChI=1S/C12H21NO5/c1-11(2)14-5-6(16-11)8-7(13)9-10(15-8)18-12(3,4)17-9/h6-10H,5,13H2,1-4H3/t6-,7+,8-,9-,10-/m1/s1. The van der Waals surface area contributed by atoms with Crippen molar-refractivity contribution in [2.45, 2.75) is 69.9 Å². The van der Waals surface area contributed by atoms with E-state index in [2.05, 4.69) is 0 Å². The Labute approximate surface area is 107 Å². The van der Waals surface area contributed by atoms with Crippen LogP contribution in [0.15, 0.2) is 0 Å². The number of ether oxygens (including phenoxy) is 5. The maximum absolute atomic E-state index is 6.19. The Morgan fingerprint density at radius 1 is 0.944 bits per heavy atom. The van der Waals surface area contributed by atoms with E-state index in [1.807, 2.05) is 27.7 Å². The summed E-state index contributed by atoms with van der Waals surface area (Å²) < 4.78 is 28.6. The lowest BCUT2D eigenvalue weighted by molar-refractivity contribution is -0.222. The fourth-order valence-electron chi connectivity index (χ4n) is 2.77. The van der Waals surface area contributed by atoms with Gasteiger partial charge in [0.2, 0.25) is 0 Å². The summed E-state index contributed by atoms with van der Waals surface area (Å²) in [5.74, 6) is -1.21. The van der Waals surface area contributed by atoms with Crippen LogP contribution in [0, 0.1) is 0 Å². The average Bonchev–Trinajstić information content (AvgIpc) is 2.81. The van der Waals surface area contributed by atoms with Gasteiger partial charge in [0.05, 0.1) is 12.6 Å². The monoisotopic (exact) mass is 259 g/mol. The van der Waals surface area contributed by atoms with Gasteiger partial charge in [-0.25, -0.2) is 0 Å². The van der Waals surface area contributed by atoms with Crippen LogP contribution >= 0.6 is 0 Å². The van der Waals surface area contributed by atoms with Crippen LogP contribution in [-0.2, 0) is 23.7 Å². The van der Waals surface area contributed by atoms with Crippen LogP contribution in [0.5, 0.6) is 0 Å². The molecule has 5 atom stereocenters. The van der Waals surface area contributed by atoms with Gasteiger partial charge in [-0.2, -0.15) is 0 Å². The lowest BCUT2D eigenvalue weighted by Gasteiger charge is -2.26. The first-order chi connectivity index (χ1) is 8.27. The van der Waals surface area contributed by atoms with Crippen molar-refractivity contribution in [3.05, 3.63) is 0 Å². The van der Waals surface area contributed by atoms with Gasteiger partial charge >= 0.3 is 0 Å². The van der Waals surface area contributed by atoms with E-state index in [1.54, 1.807) is 0 Å². The summed E-state index contributed by atoms with van der Waals surface area (Å²) in [7, 11) is 0. The predicted octanol–water partition coefficient (Wildman–Crippen LogP) is 0.342. The summed E-state index contributed by atoms with van der Waals surface area (Å²) >= 11 is 0. The van der Waals surface area contributed by atoms with E-state index in [1.165, 1.54) is 0 Å². The Hall–Kier alpha value is -0.240. The van der Waals surface area contributed by atoms with Crippen molar-refractivity contribution in [1.82, 2.24) is 0 Å². The molecule has 3 fully saturated rings. The van der Waals surface area contributed by atoms with Gasteiger partial charge < -0.3 is 29.4 Å². The van der Waals surface area contributed by atoms with Gasteiger partial charge in [-0.05, 0) is 27.7 Å². The van der Waals surface area contributed by atoms with Crippen molar-refractivity contribution >= 4 is 0 Å². The molecule has 6 heteroatoms. The van der Waals surface area contributed by atoms with Gasteiger partial charge in [-0.3, -0.25) is 0 Å². The maximum Gasteiger partial charge on any atom is 0.189 e. The van der Waals surface area contributed by atoms with Crippen LogP contribution in [-0.4, -0.2) is 48.8 Å². The Kier molecular flexibility index (Phi) is 2.75. The molecule has 0 radical (unpaired) electrons. The van der Waals surface area contributed by atoms with E-state index < -0.39 is 17.9 Å². The molecule has 0 aromatic rings. The number of hydrogen-bond acceptors (Lipinski definition) is 6. The maximum atomic E-state index is 6.19. The molecule has 0 aromatic heterocycles. The molecule has 2 N–H and O–H groups in total. The highest BCUT2D eigenvalue weighted by Gasteiger charge is 2.56. The van der Waals surface area contributed by atoms with Gasteiger partial charge in [-0.15, -0.1) is 0 Å². The molecule has 18 heavy (non-hydrogen) atoms. The fraction of sp³-hybridized carbons (Fsp3) is 1.00. The SMILES string of the molecule is CC1(C)O[C@H]2O[C@H]([C@H]3COC(C)(C)O3)[C@H](N)[C@H]2O1. The summed E-state index contributed by atoms with van der Waals surface area (Å²) in [4.78, 5) is 0. The minimum atomic E-state index is -0.635. The van der Waals surface area contributed by atoms with E-state index in [4.69, 9.17) is 29.4 Å². The predicted molar refractivity (Wildman–Crippen MR) is 61.6 cm³/mol. The van der Waals surface area contributed by atoms with E-state index >= 15 is 0 Å². The van der Waals surface area contributed by atoms with Gasteiger partial charge in [-0.1, -0.05) is 0 Å². The highest BCUT2D eigenvalue weighted by Crippen LogP contribution is 2.39. The van der Waals surface area contributed by atoms with Crippen LogP contribution in [0.1, 0.15) is 27.7 Å². The molecule has 3 aliphatic heterocycles. The summed E-state index contributed by atoms with van der Waals surface area (Å²) in [5, 5.41) is 0. The van der Waals surface area contributed by atoms with Gasteiger partial charge in [0.25, 0.3) is 0 Å². The first-order valence-electron chi connectivity index (χ1n) is 6.36. The molecule has 0 aliphatic carbocycles. The third kappa shape index (κ3) is 2.07. The van der Waals surface area contributed by atoms with E-state index in [9.17, 15) is 0 Å². The lowest BCUT2D eigenvalue weighted by atomic mass is 10.0. The van der Waals surface area contributed by atoms with Gasteiger partial charge in [0.1, 0.15) is 18.3 Å². The topological polar surface area (TPSA) is 72.2 Å². The summed E-state index contributed by atoms with van der Waals surface area (Å²) in [6.07, 6.45) is -1.07. The van der Waals surface area contributed by atoms with Crippen molar-refractivity contribution < 1.29 is 23.7 Å². The number of fused-ring (bicyclic) bond motifs is 1. The third-order valence-electron chi connectivity index (χ3n) is 3.53. The lowest BCUT2D eigenvalue weighted by Crippen LogP contribution is -2.47. The molecule has 3 aliphatic rings. The van der Waals surface area contributed by atoms with E-state index in [0.29, 0.717) is 6.61 Å². The number of nitrogens with two attached hydrogens (primary N) is 1. The third-order valence-corrected chi connectivity index (χ3v) is 3.53. The molecule has 3 rings (SSSR count). The second-order valence-corrected chi connectivity index (χ2v) is 6.01. The number of hydrogen-bond donors (Lipinski definition) is 1. The van der Waals surface area contributed by atoms with Crippen LogP contribution in [0.2, 0.25) is 0 Å². The van der Waals surface area contributed by atoms with Gasteiger partial charge in [0, 0.05) is 0 Å². The quantitative estimate of drug-likeness (QED) is 0.732. The first kappa shape index (κ1) is 12.8. The van der Waals surface area contributed by atoms with Crippen molar-refractivity contribution in [1.29, 1.82) is 0 Å². The summed E-state index contributed by atoms with van der Waals surface area (Å²) in [5.41, 5.74) is 6.19. The Morgan fingerprint density at radius 3 is 2.22 bits per heavy atom. The van der Waals surface area contributed by atoms with Crippen molar-refractivity contribution in [2.24, 2.45) is 5.73 Å². The molecular formula is C12H21NO5. The average molecular weight is 259 g/mol. The number of rotatable bonds is 1. The molecular weight excluding hydrogens is 238 g/mol. The largest absolute Gasteiger partial charge is 0.348 e. The van der Waals surface area contributed by atoms with Crippen LogP contribution < -0.4 is 5.73 Å². The molecule has 0 aromatic carbocycles. The molecule has 0 amide bonds. The zero-order chi connectivity index (χ0) is 13.1. The second kappa shape index (κ2) is 3.88. The van der Waals surface area contributed by atoms with Crippen molar-refractivity contribution in [2.75, 3.05) is 6.61 Å². The minimum absolute atomic E-state index is 0.170. The Balaban J connectivity index is 1.68. The Morgan fingerprint density at radius 2 is 1.67 bits per heavy atom. The first-order valence-corrected chi connectivity index (χ1v) is 6.36. The van der Waals surface area contributed by atoms with Crippen molar-refractivity contribution in [3.8, 4) is 0 Å². The normalized spacial score (nSPS) is 49.5. The van der Waals surface area contributed by atoms with Crippen LogP contribution in [0.25, 0.3) is 0 Å². The fourth-order valence-corrected chi connectivity index (χ4v) is 2.77. The summed E-state index contributed by atoms with van der Waals surface area (Å²) in [6.45, 7) is 7.95.